The van der Waals surface area contributed by atoms with Crippen LogP contribution >= 0.6 is 11.8 Å². The molecular formula is C27H31NO2S. The Morgan fingerprint density at radius 1 is 0.935 bits per heavy atom. The number of benzene rings is 3. The molecule has 0 aliphatic carbocycles. The largest absolute Gasteiger partial charge is 0.481 e. The zero-order chi connectivity index (χ0) is 22.3. The van der Waals surface area contributed by atoms with E-state index in [0.29, 0.717) is 12.2 Å². The summed E-state index contributed by atoms with van der Waals surface area (Å²) >= 11 is 1.80. The Balaban J connectivity index is 1.55. The Labute approximate surface area is 190 Å². The third kappa shape index (κ3) is 6.90. The number of thioether (sulfide) groups is 1. The zero-order valence-corrected chi connectivity index (χ0v) is 19.5. The fraction of sp³-hybridized carbons (Fsp3) is 0.296. The van der Waals surface area contributed by atoms with Crippen LogP contribution in [0.2, 0.25) is 0 Å². The third-order valence-corrected chi connectivity index (χ3v) is 6.12. The molecule has 3 nitrogen and oxygen atoms in total. The highest BCUT2D eigenvalue weighted by Gasteiger charge is 2.19. The van der Waals surface area contributed by atoms with Crippen molar-refractivity contribution in [1.82, 2.24) is 0 Å². The maximum atomic E-state index is 12.7. The number of carbonyl (C=O) groups is 1. The Bertz CT molecular complexity index is 961. The molecule has 1 amide bonds. The second-order valence-corrected chi connectivity index (χ2v) is 9.63. The van der Waals surface area contributed by atoms with Gasteiger partial charge in [-0.2, -0.15) is 0 Å². The van der Waals surface area contributed by atoms with Crippen LogP contribution in [-0.2, 0) is 16.0 Å². The van der Waals surface area contributed by atoms with E-state index in [1.807, 2.05) is 49.4 Å². The van der Waals surface area contributed by atoms with Crippen molar-refractivity contribution >= 4 is 23.4 Å². The molecule has 1 atom stereocenters. The van der Waals surface area contributed by atoms with Crippen molar-refractivity contribution in [2.24, 2.45) is 0 Å². The van der Waals surface area contributed by atoms with Crippen LogP contribution in [0.25, 0.3) is 0 Å². The summed E-state index contributed by atoms with van der Waals surface area (Å²) in [6, 6.07) is 26.4. The van der Waals surface area contributed by atoms with Crippen LogP contribution in [-0.4, -0.2) is 12.0 Å². The Kier molecular flexibility index (Phi) is 7.80. The predicted molar refractivity (Wildman–Crippen MR) is 131 cm³/mol. The Morgan fingerprint density at radius 2 is 1.58 bits per heavy atom. The van der Waals surface area contributed by atoms with Crippen LogP contribution < -0.4 is 10.1 Å². The van der Waals surface area contributed by atoms with Gasteiger partial charge in [-0.05, 0) is 59.4 Å². The number of rotatable bonds is 8. The molecule has 1 unspecified atom stereocenters. The monoisotopic (exact) mass is 433 g/mol. The maximum absolute atomic E-state index is 12.7. The SMILES string of the molecule is CCC(Oc1ccc(C(C)(C)C)cc1)C(=O)Nc1ccc(CSc2ccccc2)cc1. The zero-order valence-electron chi connectivity index (χ0n) is 18.7. The van der Waals surface area contributed by atoms with Crippen molar-refractivity contribution in [1.29, 1.82) is 0 Å². The van der Waals surface area contributed by atoms with Crippen molar-refractivity contribution in [2.45, 2.75) is 56.3 Å². The van der Waals surface area contributed by atoms with Crippen LogP contribution in [0.5, 0.6) is 5.75 Å². The van der Waals surface area contributed by atoms with Gasteiger partial charge in [0.1, 0.15) is 5.75 Å². The standard InChI is InChI=1S/C27H31NO2S/c1-5-25(30-23-17-13-21(14-18-23)27(2,3)4)26(29)28-22-15-11-20(12-16-22)19-31-24-9-7-6-8-10-24/h6-18,25H,5,19H2,1-4H3,(H,28,29). The summed E-state index contributed by atoms with van der Waals surface area (Å²) in [5, 5.41) is 2.98. The Hall–Kier alpha value is -2.72. The molecule has 1 N–H and O–H groups in total. The molecular weight excluding hydrogens is 402 g/mol. The normalized spacial score (nSPS) is 12.3. The number of hydrogen-bond donors (Lipinski definition) is 1. The fourth-order valence-corrected chi connectivity index (χ4v) is 3.99. The fourth-order valence-electron chi connectivity index (χ4n) is 3.11. The Morgan fingerprint density at radius 3 is 2.16 bits per heavy atom. The van der Waals surface area contributed by atoms with E-state index in [1.54, 1.807) is 11.8 Å². The number of anilines is 1. The van der Waals surface area contributed by atoms with Gasteiger partial charge in [0.25, 0.3) is 5.91 Å². The van der Waals surface area contributed by atoms with Gasteiger partial charge in [0.2, 0.25) is 0 Å². The molecule has 31 heavy (non-hydrogen) atoms. The van der Waals surface area contributed by atoms with E-state index < -0.39 is 6.10 Å². The average molecular weight is 434 g/mol. The highest BCUT2D eigenvalue weighted by Crippen LogP contribution is 2.26. The lowest BCUT2D eigenvalue weighted by Crippen LogP contribution is -2.32. The first-order chi connectivity index (χ1) is 14.8. The van der Waals surface area contributed by atoms with Gasteiger partial charge in [0, 0.05) is 16.3 Å². The number of ether oxygens (including phenoxy) is 1. The van der Waals surface area contributed by atoms with E-state index in [9.17, 15) is 4.79 Å². The average Bonchev–Trinajstić information content (AvgIpc) is 2.77. The summed E-state index contributed by atoms with van der Waals surface area (Å²) in [4.78, 5) is 14.0. The first-order valence-corrected chi connectivity index (χ1v) is 11.7. The van der Waals surface area contributed by atoms with Crippen molar-refractivity contribution in [2.75, 3.05) is 5.32 Å². The molecule has 0 radical (unpaired) electrons. The van der Waals surface area contributed by atoms with Gasteiger partial charge >= 0.3 is 0 Å². The van der Waals surface area contributed by atoms with Gasteiger partial charge in [-0.15, -0.1) is 11.8 Å². The van der Waals surface area contributed by atoms with Crippen molar-refractivity contribution in [3.63, 3.8) is 0 Å². The number of hydrogen-bond acceptors (Lipinski definition) is 3. The predicted octanol–water partition coefficient (Wildman–Crippen LogP) is 7.07. The lowest BCUT2D eigenvalue weighted by atomic mass is 9.87. The van der Waals surface area contributed by atoms with Gasteiger partial charge in [-0.25, -0.2) is 0 Å². The van der Waals surface area contributed by atoms with E-state index in [0.717, 1.165) is 11.4 Å². The van der Waals surface area contributed by atoms with Gasteiger partial charge in [0.15, 0.2) is 6.10 Å². The van der Waals surface area contributed by atoms with Crippen LogP contribution in [0.15, 0.2) is 83.8 Å². The summed E-state index contributed by atoms with van der Waals surface area (Å²) in [5.74, 6) is 1.47. The van der Waals surface area contributed by atoms with Crippen LogP contribution in [0, 0.1) is 0 Å². The first kappa shape index (κ1) is 23.0. The molecule has 3 aromatic carbocycles. The van der Waals surface area contributed by atoms with Crippen molar-refractivity contribution < 1.29 is 9.53 Å². The van der Waals surface area contributed by atoms with E-state index >= 15 is 0 Å². The molecule has 0 saturated heterocycles. The minimum atomic E-state index is -0.534. The lowest BCUT2D eigenvalue weighted by Gasteiger charge is -2.21. The van der Waals surface area contributed by atoms with Crippen LogP contribution in [0.1, 0.15) is 45.2 Å². The molecule has 3 rings (SSSR count). The smallest absolute Gasteiger partial charge is 0.265 e. The first-order valence-electron chi connectivity index (χ1n) is 10.7. The molecule has 0 aliphatic heterocycles. The molecule has 0 aromatic heterocycles. The summed E-state index contributed by atoms with van der Waals surface area (Å²) in [6.07, 6.45) is 0.0624. The van der Waals surface area contributed by atoms with Crippen LogP contribution in [0.4, 0.5) is 5.69 Å². The summed E-state index contributed by atoms with van der Waals surface area (Å²) < 4.78 is 5.96. The molecule has 0 heterocycles. The van der Waals surface area contributed by atoms with Crippen LogP contribution in [0.3, 0.4) is 0 Å². The second-order valence-electron chi connectivity index (χ2n) is 8.58. The van der Waals surface area contributed by atoms with Gasteiger partial charge in [0.05, 0.1) is 0 Å². The maximum Gasteiger partial charge on any atom is 0.265 e. The van der Waals surface area contributed by atoms with E-state index in [-0.39, 0.29) is 11.3 Å². The highest BCUT2D eigenvalue weighted by molar-refractivity contribution is 7.98. The number of nitrogens with one attached hydrogen (secondary N) is 1. The molecule has 0 fully saturated rings. The highest BCUT2D eigenvalue weighted by atomic mass is 32.2. The minimum Gasteiger partial charge on any atom is -0.481 e. The summed E-state index contributed by atoms with van der Waals surface area (Å²) in [7, 11) is 0. The molecule has 162 valence electrons. The topological polar surface area (TPSA) is 38.3 Å². The lowest BCUT2D eigenvalue weighted by molar-refractivity contribution is -0.122. The second kappa shape index (κ2) is 10.5. The molecule has 4 heteroatoms. The quantitative estimate of drug-likeness (QED) is 0.386. The summed E-state index contributed by atoms with van der Waals surface area (Å²) in [5.41, 5.74) is 3.33. The number of carbonyl (C=O) groups excluding carboxylic acids is 1. The van der Waals surface area contributed by atoms with Gasteiger partial charge in [-0.1, -0.05) is 70.2 Å². The molecule has 0 saturated carbocycles. The summed E-state index contributed by atoms with van der Waals surface area (Å²) in [6.45, 7) is 8.49. The van der Waals surface area contributed by atoms with E-state index in [4.69, 9.17) is 4.74 Å². The molecule has 3 aromatic rings. The van der Waals surface area contributed by atoms with E-state index in [1.165, 1.54) is 16.0 Å². The van der Waals surface area contributed by atoms with E-state index in [2.05, 4.69) is 62.5 Å². The molecule has 0 aliphatic rings. The van der Waals surface area contributed by atoms with Gasteiger partial charge in [-0.3, -0.25) is 4.79 Å². The molecule has 0 bridgehead atoms. The van der Waals surface area contributed by atoms with Gasteiger partial charge < -0.3 is 10.1 Å². The molecule has 0 spiro atoms. The minimum absolute atomic E-state index is 0.0891. The third-order valence-electron chi connectivity index (χ3n) is 5.03. The number of amides is 1. The van der Waals surface area contributed by atoms with Crippen molar-refractivity contribution in [3.8, 4) is 5.75 Å². The van der Waals surface area contributed by atoms with Crippen molar-refractivity contribution in [3.05, 3.63) is 90.0 Å².